The van der Waals surface area contributed by atoms with Crippen molar-refractivity contribution in [3.8, 4) is 11.5 Å². The van der Waals surface area contributed by atoms with E-state index in [0.29, 0.717) is 11.1 Å². The van der Waals surface area contributed by atoms with E-state index in [1.165, 1.54) is 25.2 Å². The van der Waals surface area contributed by atoms with E-state index >= 15 is 0 Å². The van der Waals surface area contributed by atoms with Gasteiger partial charge in [0.1, 0.15) is 22.9 Å². The molecule has 2 aromatic carbocycles. The molecule has 0 aliphatic heterocycles. The molecule has 1 amide bonds. The van der Waals surface area contributed by atoms with Gasteiger partial charge in [-0.25, -0.2) is 8.78 Å². The zero-order valence-corrected chi connectivity index (χ0v) is 18.0. The summed E-state index contributed by atoms with van der Waals surface area (Å²) in [7, 11) is 1.39. The van der Waals surface area contributed by atoms with Crippen molar-refractivity contribution < 1.29 is 18.3 Å². The molecule has 0 saturated carbocycles. The van der Waals surface area contributed by atoms with Crippen LogP contribution in [0.25, 0.3) is 0 Å². The van der Waals surface area contributed by atoms with E-state index in [9.17, 15) is 18.4 Å². The Morgan fingerprint density at radius 1 is 1.06 bits per heavy atom. The summed E-state index contributed by atoms with van der Waals surface area (Å²) in [4.78, 5) is 24.6. The van der Waals surface area contributed by atoms with E-state index in [0.717, 1.165) is 10.6 Å². The van der Waals surface area contributed by atoms with Gasteiger partial charge in [-0.2, -0.15) is 0 Å². The Bertz CT molecular complexity index is 1170. The number of nitrogens with two attached hydrogens (primary N) is 1. The minimum atomic E-state index is -0.932. The van der Waals surface area contributed by atoms with Crippen LogP contribution in [-0.4, -0.2) is 10.5 Å². The molecular weight excluding hydrogens is 404 g/mol. The second-order valence-corrected chi connectivity index (χ2v) is 6.59. The Morgan fingerprint density at radius 2 is 1.74 bits per heavy atom. The van der Waals surface area contributed by atoms with Crippen molar-refractivity contribution in [3.05, 3.63) is 81.1 Å². The summed E-state index contributed by atoms with van der Waals surface area (Å²) in [5.74, 6) is -2.63. The number of aromatic nitrogens is 1. The summed E-state index contributed by atoms with van der Waals surface area (Å²) < 4.78 is 35.3. The molecule has 0 bridgehead atoms. The van der Waals surface area contributed by atoms with Crippen molar-refractivity contribution in [2.45, 2.75) is 27.7 Å². The SMILES string of the molecule is CC.Cc1ccc(Nc2c(C(N)=O)c(Oc3cccc(C)c3F)cc(=O)n2C)c(F)c1. The number of carbonyl (C=O) groups is 1. The predicted molar refractivity (Wildman–Crippen MR) is 117 cm³/mol. The van der Waals surface area contributed by atoms with E-state index in [4.69, 9.17) is 10.5 Å². The molecule has 0 radical (unpaired) electrons. The molecule has 1 aromatic heterocycles. The second kappa shape index (κ2) is 9.88. The third-order valence-corrected chi connectivity index (χ3v) is 4.40. The molecule has 0 fully saturated rings. The molecule has 164 valence electrons. The molecule has 0 atom stereocenters. The number of benzene rings is 2. The van der Waals surface area contributed by atoms with Crippen molar-refractivity contribution in [1.82, 2.24) is 4.57 Å². The van der Waals surface area contributed by atoms with Crippen LogP contribution >= 0.6 is 0 Å². The molecule has 8 heteroatoms. The van der Waals surface area contributed by atoms with Crippen LogP contribution < -0.4 is 21.3 Å². The van der Waals surface area contributed by atoms with Gasteiger partial charge in [0.2, 0.25) is 0 Å². The van der Waals surface area contributed by atoms with Crippen LogP contribution in [0.2, 0.25) is 0 Å². The first-order chi connectivity index (χ1) is 14.7. The Labute approximate surface area is 179 Å². The summed E-state index contributed by atoms with van der Waals surface area (Å²) in [6.07, 6.45) is 0. The Morgan fingerprint density at radius 3 is 2.35 bits per heavy atom. The number of pyridine rings is 1. The molecule has 0 aliphatic rings. The number of hydrogen-bond donors (Lipinski definition) is 2. The topological polar surface area (TPSA) is 86.3 Å². The summed E-state index contributed by atoms with van der Waals surface area (Å²) >= 11 is 0. The molecule has 0 unspecified atom stereocenters. The van der Waals surface area contributed by atoms with Gasteiger partial charge in [-0.05, 0) is 43.2 Å². The maximum atomic E-state index is 14.3. The lowest BCUT2D eigenvalue weighted by Crippen LogP contribution is -2.25. The lowest BCUT2D eigenvalue weighted by atomic mass is 10.1. The number of nitrogens with zero attached hydrogens (tertiary/aromatic N) is 1. The maximum Gasteiger partial charge on any atom is 0.256 e. The number of anilines is 2. The minimum Gasteiger partial charge on any atom is -0.453 e. The third-order valence-electron chi connectivity index (χ3n) is 4.40. The van der Waals surface area contributed by atoms with E-state index in [-0.39, 0.29) is 28.6 Å². The van der Waals surface area contributed by atoms with Gasteiger partial charge < -0.3 is 15.8 Å². The lowest BCUT2D eigenvalue weighted by Gasteiger charge is -2.18. The van der Waals surface area contributed by atoms with Gasteiger partial charge in [-0.15, -0.1) is 0 Å². The quantitative estimate of drug-likeness (QED) is 0.601. The van der Waals surface area contributed by atoms with Gasteiger partial charge in [0.25, 0.3) is 11.5 Å². The molecule has 3 rings (SSSR count). The Hall–Kier alpha value is -3.68. The number of aryl methyl sites for hydroxylation is 2. The van der Waals surface area contributed by atoms with E-state index in [2.05, 4.69) is 5.32 Å². The summed E-state index contributed by atoms with van der Waals surface area (Å²) in [5.41, 5.74) is 5.79. The van der Waals surface area contributed by atoms with Crippen LogP contribution in [0.1, 0.15) is 35.3 Å². The molecule has 3 N–H and O–H groups in total. The fraction of sp³-hybridized carbons (Fsp3) is 0.217. The average molecular weight is 429 g/mol. The van der Waals surface area contributed by atoms with E-state index in [1.807, 2.05) is 13.8 Å². The monoisotopic (exact) mass is 429 g/mol. The first-order valence-corrected chi connectivity index (χ1v) is 9.69. The molecule has 0 saturated heterocycles. The van der Waals surface area contributed by atoms with Crippen LogP contribution in [0.5, 0.6) is 11.5 Å². The van der Waals surface area contributed by atoms with Crippen molar-refractivity contribution >= 4 is 17.4 Å². The molecule has 6 nitrogen and oxygen atoms in total. The number of carbonyl (C=O) groups excluding carboxylic acids is 1. The number of ether oxygens (including phenoxy) is 1. The van der Waals surface area contributed by atoms with E-state index < -0.39 is 23.1 Å². The Kier molecular flexibility index (Phi) is 7.52. The standard InChI is InChI=1S/C21H19F2N3O3.C2H6/c1-11-7-8-14(13(22)9-11)25-21-18(20(24)28)16(10-17(27)26(21)3)29-15-6-4-5-12(2)19(15)23;1-2/h4-10,25H,1-3H3,(H2,24,28);1-2H3. The van der Waals surface area contributed by atoms with Crippen LogP contribution in [0.15, 0.2) is 47.3 Å². The highest BCUT2D eigenvalue weighted by Gasteiger charge is 2.22. The number of hydrogen-bond acceptors (Lipinski definition) is 4. The number of nitrogens with one attached hydrogen (secondary N) is 1. The largest absolute Gasteiger partial charge is 0.453 e. The first kappa shape index (κ1) is 23.6. The van der Waals surface area contributed by atoms with Gasteiger partial charge in [0, 0.05) is 13.1 Å². The van der Waals surface area contributed by atoms with Gasteiger partial charge in [0.15, 0.2) is 11.6 Å². The van der Waals surface area contributed by atoms with Crippen LogP contribution in [0.3, 0.4) is 0 Å². The molecule has 1 heterocycles. The summed E-state index contributed by atoms with van der Waals surface area (Å²) in [6.45, 7) is 7.27. The van der Waals surface area contributed by atoms with Gasteiger partial charge in [-0.3, -0.25) is 14.2 Å². The highest BCUT2D eigenvalue weighted by Crippen LogP contribution is 2.32. The predicted octanol–water partition coefficient (Wildman–Crippen LogP) is 4.94. The molecule has 0 spiro atoms. The van der Waals surface area contributed by atoms with Crippen LogP contribution in [0, 0.1) is 25.5 Å². The van der Waals surface area contributed by atoms with Crippen LogP contribution in [-0.2, 0) is 7.05 Å². The number of primary amides is 1. The lowest BCUT2D eigenvalue weighted by molar-refractivity contribution is 0.0998. The summed E-state index contributed by atoms with van der Waals surface area (Å²) in [5, 5.41) is 2.72. The van der Waals surface area contributed by atoms with E-state index in [1.54, 1.807) is 32.0 Å². The number of halogens is 2. The molecule has 3 aromatic rings. The molecular formula is C23H25F2N3O3. The van der Waals surface area contributed by atoms with Gasteiger partial charge in [0.05, 0.1) is 5.69 Å². The zero-order chi connectivity index (χ0) is 23.3. The highest BCUT2D eigenvalue weighted by atomic mass is 19.1. The third kappa shape index (κ3) is 5.09. The van der Waals surface area contributed by atoms with Crippen molar-refractivity contribution in [1.29, 1.82) is 0 Å². The zero-order valence-electron chi connectivity index (χ0n) is 18.0. The average Bonchev–Trinajstić information content (AvgIpc) is 2.72. The highest BCUT2D eigenvalue weighted by molar-refractivity contribution is 6.01. The fourth-order valence-corrected chi connectivity index (χ4v) is 2.81. The van der Waals surface area contributed by atoms with Crippen molar-refractivity contribution in [2.75, 3.05) is 5.32 Å². The normalized spacial score (nSPS) is 10.2. The number of rotatable bonds is 5. The molecule has 31 heavy (non-hydrogen) atoms. The van der Waals surface area contributed by atoms with Crippen LogP contribution in [0.4, 0.5) is 20.3 Å². The minimum absolute atomic E-state index is 0.0342. The second-order valence-electron chi connectivity index (χ2n) is 6.59. The van der Waals surface area contributed by atoms with Crippen molar-refractivity contribution in [3.63, 3.8) is 0 Å². The summed E-state index contributed by atoms with van der Waals surface area (Å²) in [6, 6.07) is 9.93. The maximum absolute atomic E-state index is 14.3. The smallest absolute Gasteiger partial charge is 0.256 e. The van der Waals surface area contributed by atoms with Crippen molar-refractivity contribution in [2.24, 2.45) is 12.8 Å². The number of amides is 1. The Balaban J connectivity index is 0.00000166. The van der Waals surface area contributed by atoms with Gasteiger partial charge in [-0.1, -0.05) is 32.0 Å². The first-order valence-electron chi connectivity index (χ1n) is 9.69. The fourth-order valence-electron chi connectivity index (χ4n) is 2.81. The molecule has 0 aliphatic carbocycles. The van der Waals surface area contributed by atoms with Gasteiger partial charge >= 0.3 is 0 Å².